The standard InChI is InChI=1S/C14H26O5/c1-3-4-5-6-7-8-9-19-13(17)11-14(2,18)10-12(15)16/h18H,3-11H2,1-2H3,(H,15,16)/t14-/m1/s1. The molecule has 0 radical (unpaired) electrons. The van der Waals surface area contributed by atoms with Crippen molar-refractivity contribution in [2.75, 3.05) is 6.61 Å². The summed E-state index contributed by atoms with van der Waals surface area (Å²) in [6.45, 7) is 3.83. The smallest absolute Gasteiger partial charge is 0.308 e. The third-order valence-corrected chi connectivity index (χ3v) is 2.82. The zero-order valence-electron chi connectivity index (χ0n) is 12.0. The highest BCUT2D eigenvalue weighted by molar-refractivity contribution is 5.73. The van der Waals surface area contributed by atoms with E-state index in [0.29, 0.717) is 6.61 Å². The summed E-state index contributed by atoms with van der Waals surface area (Å²) < 4.78 is 4.97. The van der Waals surface area contributed by atoms with E-state index in [4.69, 9.17) is 9.84 Å². The van der Waals surface area contributed by atoms with E-state index >= 15 is 0 Å². The number of carbonyl (C=O) groups is 2. The second-order valence-corrected chi connectivity index (χ2v) is 5.23. The van der Waals surface area contributed by atoms with Crippen LogP contribution in [0.15, 0.2) is 0 Å². The lowest BCUT2D eigenvalue weighted by molar-refractivity contribution is -0.151. The second-order valence-electron chi connectivity index (χ2n) is 5.23. The van der Waals surface area contributed by atoms with Crippen LogP contribution in [0, 0.1) is 0 Å². The Bertz CT molecular complexity index is 273. The maximum atomic E-state index is 11.4. The molecule has 0 aromatic heterocycles. The first-order valence-electron chi connectivity index (χ1n) is 6.97. The van der Waals surface area contributed by atoms with Gasteiger partial charge in [-0.25, -0.2) is 0 Å². The van der Waals surface area contributed by atoms with Crippen LogP contribution in [0.2, 0.25) is 0 Å². The number of esters is 1. The Kier molecular flexibility index (Phi) is 9.21. The molecule has 0 bridgehead atoms. The molecule has 0 aromatic carbocycles. The van der Waals surface area contributed by atoms with Crippen LogP contribution in [0.4, 0.5) is 0 Å². The number of unbranched alkanes of at least 4 members (excludes halogenated alkanes) is 5. The summed E-state index contributed by atoms with van der Waals surface area (Å²) in [6, 6.07) is 0. The molecule has 0 aliphatic rings. The molecule has 0 heterocycles. The fourth-order valence-electron chi connectivity index (χ4n) is 1.82. The van der Waals surface area contributed by atoms with E-state index < -0.39 is 24.0 Å². The van der Waals surface area contributed by atoms with Crippen molar-refractivity contribution in [1.82, 2.24) is 0 Å². The highest BCUT2D eigenvalue weighted by Crippen LogP contribution is 2.15. The van der Waals surface area contributed by atoms with Crippen molar-refractivity contribution in [1.29, 1.82) is 0 Å². The van der Waals surface area contributed by atoms with Gasteiger partial charge < -0.3 is 14.9 Å². The molecule has 0 saturated heterocycles. The third-order valence-electron chi connectivity index (χ3n) is 2.82. The number of carbonyl (C=O) groups excluding carboxylic acids is 1. The fourth-order valence-corrected chi connectivity index (χ4v) is 1.82. The van der Waals surface area contributed by atoms with Crippen LogP contribution in [0.25, 0.3) is 0 Å². The molecule has 0 rings (SSSR count). The number of carboxylic acid groups (broad SMARTS) is 1. The summed E-state index contributed by atoms with van der Waals surface area (Å²) in [6.07, 6.45) is 5.88. The van der Waals surface area contributed by atoms with Crippen molar-refractivity contribution >= 4 is 11.9 Å². The van der Waals surface area contributed by atoms with Gasteiger partial charge in [0.2, 0.25) is 0 Å². The van der Waals surface area contributed by atoms with Gasteiger partial charge in [0.1, 0.15) is 0 Å². The first-order valence-corrected chi connectivity index (χ1v) is 6.97. The lowest BCUT2D eigenvalue weighted by Crippen LogP contribution is -2.31. The van der Waals surface area contributed by atoms with Crippen LogP contribution >= 0.6 is 0 Å². The van der Waals surface area contributed by atoms with E-state index in [9.17, 15) is 14.7 Å². The van der Waals surface area contributed by atoms with Crippen LogP contribution in [-0.2, 0) is 14.3 Å². The van der Waals surface area contributed by atoms with Gasteiger partial charge in [0.15, 0.2) is 0 Å². The Hall–Kier alpha value is -1.10. The van der Waals surface area contributed by atoms with Gasteiger partial charge in [0, 0.05) is 0 Å². The van der Waals surface area contributed by atoms with Crippen LogP contribution < -0.4 is 0 Å². The Balaban J connectivity index is 3.61. The zero-order valence-corrected chi connectivity index (χ0v) is 12.0. The Morgan fingerprint density at radius 2 is 1.63 bits per heavy atom. The molecule has 19 heavy (non-hydrogen) atoms. The molecule has 0 amide bonds. The van der Waals surface area contributed by atoms with E-state index in [1.54, 1.807) is 0 Å². The molecule has 0 saturated carbocycles. The summed E-state index contributed by atoms with van der Waals surface area (Å²) in [7, 11) is 0. The number of rotatable bonds is 11. The number of hydrogen-bond acceptors (Lipinski definition) is 4. The monoisotopic (exact) mass is 274 g/mol. The number of aliphatic carboxylic acids is 1. The molecule has 0 aliphatic heterocycles. The van der Waals surface area contributed by atoms with Crippen molar-refractivity contribution in [2.24, 2.45) is 0 Å². The summed E-state index contributed by atoms with van der Waals surface area (Å²) in [4.78, 5) is 21.9. The lowest BCUT2D eigenvalue weighted by Gasteiger charge is -2.19. The van der Waals surface area contributed by atoms with Crippen molar-refractivity contribution in [3.8, 4) is 0 Å². The largest absolute Gasteiger partial charge is 0.481 e. The molecule has 0 fully saturated rings. The number of carboxylic acids is 1. The average molecular weight is 274 g/mol. The molecular weight excluding hydrogens is 248 g/mol. The molecule has 5 heteroatoms. The summed E-state index contributed by atoms with van der Waals surface area (Å²) in [5.74, 6) is -1.67. The highest BCUT2D eigenvalue weighted by atomic mass is 16.5. The second kappa shape index (κ2) is 9.78. The van der Waals surface area contributed by atoms with Gasteiger partial charge in [-0.15, -0.1) is 0 Å². The summed E-state index contributed by atoms with van der Waals surface area (Å²) in [5, 5.41) is 18.2. The molecule has 112 valence electrons. The van der Waals surface area contributed by atoms with E-state index in [1.807, 2.05) is 0 Å². The number of aliphatic hydroxyl groups is 1. The Morgan fingerprint density at radius 1 is 1.05 bits per heavy atom. The van der Waals surface area contributed by atoms with Gasteiger partial charge in [-0.3, -0.25) is 9.59 Å². The molecule has 0 aliphatic carbocycles. The van der Waals surface area contributed by atoms with Crippen molar-refractivity contribution in [3.63, 3.8) is 0 Å². The average Bonchev–Trinajstić information content (AvgIpc) is 2.25. The maximum Gasteiger partial charge on any atom is 0.308 e. The van der Waals surface area contributed by atoms with E-state index in [0.717, 1.165) is 19.3 Å². The molecule has 1 atom stereocenters. The quantitative estimate of drug-likeness (QED) is 0.447. The topological polar surface area (TPSA) is 83.8 Å². The van der Waals surface area contributed by atoms with E-state index in [1.165, 1.54) is 26.2 Å². The van der Waals surface area contributed by atoms with Gasteiger partial charge in [-0.05, 0) is 13.3 Å². The van der Waals surface area contributed by atoms with Crippen molar-refractivity contribution in [2.45, 2.75) is 70.8 Å². The molecular formula is C14H26O5. The lowest BCUT2D eigenvalue weighted by atomic mass is 9.98. The van der Waals surface area contributed by atoms with Crippen LogP contribution in [0.3, 0.4) is 0 Å². The highest BCUT2D eigenvalue weighted by Gasteiger charge is 2.28. The number of hydrogen-bond donors (Lipinski definition) is 2. The summed E-state index contributed by atoms with van der Waals surface area (Å²) >= 11 is 0. The predicted molar refractivity (Wildman–Crippen MR) is 71.8 cm³/mol. The summed E-state index contributed by atoms with van der Waals surface area (Å²) in [5.41, 5.74) is -1.54. The maximum absolute atomic E-state index is 11.4. The van der Waals surface area contributed by atoms with Crippen molar-refractivity contribution in [3.05, 3.63) is 0 Å². The third kappa shape index (κ3) is 11.7. The first kappa shape index (κ1) is 17.9. The van der Waals surface area contributed by atoms with Crippen LogP contribution in [0.5, 0.6) is 0 Å². The minimum Gasteiger partial charge on any atom is -0.481 e. The molecule has 2 N–H and O–H groups in total. The predicted octanol–water partition coefficient (Wildman–Crippen LogP) is 2.51. The molecule has 0 spiro atoms. The SMILES string of the molecule is CCCCCCCCOC(=O)C[C@](C)(O)CC(=O)O. The van der Waals surface area contributed by atoms with Gasteiger partial charge in [-0.1, -0.05) is 39.0 Å². The Labute approximate surface area is 115 Å². The van der Waals surface area contributed by atoms with Crippen LogP contribution in [0.1, 0.15) is 65.2 Å². The van der Waals surface area contributed by atoms with Crippen LogP contribution in [-0.4, -0.2) is 34.4 Å². The van der Waals surface area contributed by atoms with E-state index in [-0.39, 0.29) is 6.42 Å². The van der Waals surface area contributed by atoms with Gasteiger partial charge in [0.25, 0.3) is 0 Å². The Morgan fingerprint density at radius 3 is 2.21 bits per heavy atom. The minimum atomic E-state index is -1.54. The molecule has 5 nitrogen and oxygen atoms in total. The van der Waals surface area contributed by atoms with Gasteiger partial charge in [-0.2, -0.15) is 0 Å². The van der Waals surface area contributed by atoms with Gasteiger partial charge in [0.05, 0.1) is 25.0 Å². The molecule has 0 aromatic rings. The number of ether oxygens (including phenoxy) is 1. The van der Waals surface area contributed by atoms with E-state index in [2.05, 4.69) is 6.92 Å². The van der Waals surface area contributed by atoms with Gasteiger partial charge >= 0.3 is 11.9 Å². The minimum absolute atomic E-state index is 0.283. The first-order chi connectivity index (χ1) is 8.87. The van der Waals surface area contributed by atoms with Crippen molar-refractivity contribution < 1.29 is 24.5 Å². The normalized spacial score (nSPS) is 13.8. The molecule has 0 unspecified atom stereocenters. The zero-order chi connectivity index (χ0) is 14.7. The fraction of sp³-hybridized carbons (Fsp3) is 0.857.